The molecule has 2 amide bonds. The molecule has 7 nitrogen and oxygen atoms in total. The van der Waals surface area contributed by atoms with Gasteiger partial charge in [0.05, 0.1) is 10.6 Å². The first kappa shape index (κ1) is 28.9. The summed E-state index contributed by atoms with van der Waals surface area (Å²) in [5.74, 6) is -0.721. The van der Waals surface area contributed by atoms with E-state index in [2.05, 4.69) is 5.32 Å². The second-order valence-corrected chi connectivity index (χ2v) is 11.4. The third-order valence-corrected chi connectivity index (χ3v) is 8.10. The fourth-order valence-electron chi connectivity index (χ4n) is 4.44. The van der Waals surface area contributed by atoms with E-state index in [1.54, 1.807) is 30.3 Å². The summed E-state index contributed by atoms with van der Waals surface area (Å²) >= 11 is 0. The molecule has 0 heterocycles. The zero-order chi connectivity index (χ0) is 27.9. The van der Waals surface area contributed by atoms with Crippen molar-refractivity contribution in [3.8, 4) is 0 Å². The van der Waals surface area contributed by atoms with Crippen LogP contribution in [0.2, 0.25) is 0 Å². The van der Waals surface area contributed by atoms with Crippen LogP contribution in [-0.2, 0) is 26.2 Å². The molecule has 0 unspecified atom stereocenters. The summed E-state index contributed by atoms with van der Waals surface area (Å²) in [5.41, 5.74) is 4.10. The average Bonchev–Trinajstić information content (AvgIpc) is 2.88. The van der Waals surface area contributed by atoms with Crippen molar-refractivity contribution in [2.45, 2.75) is 58.5 Å². The molecule has 0 saturated carbocycles. The number of rotatable bonds is 11. The van der Waals surface area contributed by atoms with Gasteiger partial charge < -0.3 is 10.2 Å². The summed E-state index contributed by atoms with van der Waals surface area (Å²) in [7, 11) is -4.07. The minimum Gasteiger partial charge on any atom is -0.355 e. The Morgan fingerprint density at radius 3 is 2.00 bits per heavy atom. The lowest BCUT2D eigenvalue weighted by atomic mass is 10.1. The fraction of sp³-hybridized carbons (Fsp3) is 0.333. The molecule has 0 aliphatic heterocycles. The van der Waals surface area contributed by atoms with Crippen molar-refractivity contribution >= 4 is 27.5 Å². The molecule has 202 valence electrons. The number of aryl methyl sites for hydroxylation is 3. The molecular weight excluding hydrogens is 498 g/mol. The van der Waals surface area contributed by atoms with E-state index in [4.69, 9.17) is 0 Å². The summed E-state index contributed by atoms with van der Waals surface area (Å²) < 4.78 is 28.9. The number of nitrogens with zero attached hydrogens (tertiary/aromatic N) is 2. The molecular formula is C30H37N3O4S. The summed E-state index contributed by atoms with van der Waals surface area (Å²) in [6.07, 6.45) is 0.387. The first-order valence-corrected chi connectivity index (χ1v) is 14.3. The van der Waals surface area contributed by atoms with Crippen LogP contribution in [0.25, 0.3) is 0 Å². The van der Waals surface area contributed by atoms with Crippen molar-refractivity contribution < 1.29 is 18.0 Å². The van der Waals surface area contributed by atoms with Crippen LogP contribution in [0.5, 0.6) is 0 Å². The van der Waals surface area contributed by atoms with Gasteiger partial charge in [-0.2, -0.15) is 0 Å². The predicted molar refractivity (Wildman–Crippen MR) is 151 cm³/mol. The summed E-state index contributed by atoms with van der Waals surface area (Å²) in [6.45, 7) is 9.59. The Balaban J connectivity index is 2.07. The Labute approximate surface area is 226 Å². The molecule has 0 bridgehead atoms. The third kappa shape index (κ3) is 7.01. The van der Waals surface area contributed by atoms with Crippen LogP contribution in [0.15, 0.2) is 77.7 Å². The molecule has 0 fully saturated rings. The molecule has 3 aromatic rings. The lowest BCUT2D eigenvalue weighted by Crippen LogP contribution is -2.52. The van der Waals surface area contributed by atoms with Crippen molar-refractivity contribution in [1.82, 2.24) is 10.2 Å². The number of hydrogen-bond acceptors (Lipinski definition) is 4. The van der Waals surface area contributed by atoms with Gasteiger partial charge in [-0.3, -0.25) is 13.9 Å². The second kappa shape index (κ2) is 12.7. The van der Waals surface area contributed by atoms with Crippen LogP contribution >= 0.6 is 0 Å². The largest absolute Gasteiger partial charge is 0.355 e. The summed E-state index contributed by atoms with van der Waals surface area (Å²) in [5, 5.41) is 2.82. The number of anilines is 1. The Morgan fingerprint density at radius 2 is 1.45 bits per heavy atom. The fourth-order valence-corrected chi connectivity index (χ4v) is 5.86. The molecule has 0 aliphatic rings. The highest BCUT2D eigenvalue weighted by atomic mass is 32.2. The maximum Gasteiger partial charge on any atom is 0.264 e. The van der Waals surface area contributed by atoms with Gasteiger partial charge in [0.15, 0.2) is 0 Å². The van der Waals surface area contributed by atoms with E-state index in [9.17, 15) is 18.0 Å². The highest BCUT2D eigenvalue weighted by Gasteiger charge is 2.33. The smallest absolute Gasteiger partial charge is 0.264 e. The number of carbonyl (C=O) groups excluding carboxylic acids is 2. The number of likely N-dealkylation sites (N-methyl/N-ethyl adjacent to an activating group) is 1. The van der Waals surface area contributed by atoms with Crippen molar-refractivity contribution in [2.24, 2.45) is 0 Å². The number of carbonyl (C=O) groups is 2. The van der Waals surface area contributed by atoms with Gasteiger partial charge in [-0.15, -0.1) is 0 Å². The highest BCUT2D eigenvalue weighted by molar-refractivity contribution is 7.92. The summed E-state index contributed by atoms with van der Waals surface area (Å²) in [6, 6.07) is 20.5. The topological polar surface area (TPSA) is 86.8 Å². The number of sulfonamides is 1. The molecule has 0 aliphatic carbocycles. The first-order chi connectivity index (χ1) is 18.1. The number of benzene rings is 3. The average molecular weight is 536 g/mol. The minimum atomic E-state index is -4.07. The number of nitrogens with one attached hydrogen (secondary N) is 1. The number of amides is 2. The molecule has 0 aromatic heterocycles. The Kier molecular flexibility index (Phi) is 9.69. The SMILES string of the molecule is CCNC(=O)[C@H](CC)N(Cc1ccc(C)cc1)C(=O)CN(c1cc(C)cc(C)c1)S(=O)(=O)c1ccccc1. The molecule has 1 N–H and O–H groups in total. The first-order valence-electron chi connectivity index (χ1n) is 12.9. The van der Waals surface area contributed by atoms with Crippen molar-refractivity contribution in [1.29, 1.82) is 0 Å². The standard InChI is InChI=1S/C30H37N3O4S/c1-6-28(30(35)31-7-2)32(20-25-15-13-22(3)14-16-25)29(34)21-33(26-18-23(4)17-24(5)19-26)38(36,37)27-11-9-8-10-12-27/h8-19,28H,6-7,20-21H2,1-5H3,(H,31,35)/t28-/m0/s1. The van der Waals surface area contributed by atoms with Gasteiger partial charge in [0.2, 0.25) is 11.8 Å². The van der Waals surface area contributed by atoms with Gasteiger partial charge in [-0.1, -0.05) is 61.0 Å². The van der Waals surface area contributed by atoms with Gasteiger partial charge in [0.1, 0.15) is 12.6 Å². The molecule has 1 atom stereocenters. The zero-order valence-electron chi connectivity index (χ0n) is 22.8. The van der Waals surface area contributed by atoms with Crippen LogP contribution in [-0.4, -0.2) is 44.3 Å². The van der Waals surface area contributed by atoms with Crippen molar-refractivity contribution in [3.63, 3.8) is 0 Å². The monoisotopic (exact) mass is 535 g/mol. The molecule has 0 saturated heterocycles. The van der Waals surface area contributed by atoms with E-state index in [-0.39, 0.29) is 17.3 Å². The quantitative estimate of drug-likeness (QED) is 0.384. The van der Waals surface area contributed by atoms with Gasteiger partial charge in [-0.25, -0.2) is 8.42 Å². The third-order valence-electron chi connectivity index (χ3n) is 6.31. The van der Waals surface area contributed by atoms with Crippen molar-refractivity contribution in [3.05, 3.63) is 95.1 Å². The van der Waals surface area contributed by atoms with Gasteiger partial charge in [-0.05, 0) is 75.1 Å². The maximum absolute atomic E-state index is 14.0. The normalized spacial score (nSPS) is 12.0. The molecule has 0 spiro atoms. The Hall–Kier alpha value is -3.65. The van der Waals surface area contributed by atoms with E-state index in [1.807, 2.05) is 65.0 Å². The van der Waals surface area contributed by atoms with Gasteiger partial charge in [0, 0.05) is 13.1 Å². The van der Waals surface area contributed by atoms with Crippen LogP contribution < -0.4 is 9.62 Å². The van der Waals surface area contributed by atoms with E-state index in [0.717, 1.165) is 26.6 Å². The van der Waals surface area contributed by atoms with E-state index in [0.29, 0.717) is 18.7 Å². The van der Waals surface area contributed by atoms with Crippen LogP contribution in [0.4, 0.5) is 5.69 Å². The zero-order valence-corrected chi connectivity index (χ0v) is 23.6. The van der Waals surface area contributed by atoms with E-state index >= 15 is 0 Å². The molecule has 0 radical (unpaired) electrons. The minimum absolute atomic E-state index is 0.0906. The molecule has 38 heavy (non-hydrogen) atoms. The molecule has 3 aromatic carbocycles. The Morgan fingerprint density at radius 1 is 0.842 bits per heavy atom. The van der Waals surface area contributed by atoms with Crippen LogP contribution in [0, 0.1) is 20.8 Å². The van der Waals surface area contributed by atoms with Crippen molar-refractivity contribution in [2.75, 3.05) is 17.4 Å². The van der Waals surface area contributed by atoms with Crippen LogP contribution in [0.3, 0.4) is 0 Å². The van der Waals surface area contributed by atoms with Gasteiger partial charge >= 0.3 is 0 Å². The van der Waals surface area contributed by atoms with Crippen LogP contribution in [0.1, 0.15) is 42.5 Å². The number of hydrogen-bond donors (Lipinski definition) is 1. The summed E-state index contributed by atoms with van der Waals surface area (Å²) in [4.78, 5) is 28.6. The second-order valence-electron chi connectivity index (χ2n) is 9.50. The van der Waals surface area contributed by atoms with E-state index in [1.165, 1.54) is 17.0 Å². The molecule has 8 heteroatoms. The van der Waals surface area contributed by atoms with Gasteiger partial charge in [0.25, 0.3) is 10.0 Å². The predicted octanol–water partition coefficient (Wildman–Crippen LogP) is 4.75. The lowest BCUT2D eigenvalue weighted by Gasteiger charge is -2.33. The van der Waals surface area contributed by atoms with E-state index < -0.39 is 28.5 Å². The highest BCUT2D eigenvalue weighted by Crippen LogP contribution is 2.27. The molecule has 3 rings (SSSR count). The maximum atomic E-state index is 14.0. The Bertz CT molecular complexity index is 1340. The lowest BCUT2D eigenvalue weighted by molar-refractivity contribution is -0.140.